The summed E-state index contributed by atoms with van der Waals surface area (Å²) in [7, 11) is -0.854. The van der Waals surface area contributed by atoms with Gasteiger partial charge in [-0.3, -0.25) is 4.79 Å². The maximum absolute atomic E-state index is 12.5. The summed E-state index contributed by atoms with van der Waals surface area (Å²) in [5.74, 6) is 0.175. The minimum Gasteiger partial charge on any atom is -0.497 e. The fourth-order valence-electron chi connectivity index (χ4n) is 2.34. The lowest BCUT2D eigenvalue weighted by Gasteiger charge is -2.08. The van der Waals surface area contributed by atoms with E-state index in [2.05, 4.69) is 4.74 Å². The average molecular weight is 321 g/mol. The van der Waals surface area contributed by atoms with Crippen LogP contribution in [0.15, 0.2) is 41.3 Å². The first-order chi connectivity index (χ1) is 10.5. The number of hydrogen-bond acceptors (Lipinski definition) is 5. The van der Waals surface area contributed by atoms with E-state index in [-0.39, 0.29) is 11.4 Å². The van der Waals surface area contributed by atoms with Crippen molar-refractivity contribution >= 4 is 26.8 Å². The topological polar surface area (TPSA) is 72.7 Å². The zero-order valence-corrected chi connectivity index (χ0v) is 13.0. The molecule has 0 aliphatic carbocycles. The minimum atomic E-state index is -3.68. The standard InChI is InChI=1S/C15H15NO5S/c1-20-12-5-3-11-8-13(6-4-10(11)7-12)22(18,19)16-9-14(16)15(17)21-2/h3-8,14H,9H2,1-2H3. The van der Waals surface area contributed by atoms with Gasteiger partial charge in [0.05, 0.1) is 19.1 Å². The highest BCUT2D eigenvalue weighted by Crippen LogP contribution is 2.31. The molecular weight excluding hydrogens is 306 g/mol. The van der Waals surface area contributed by atoms with Gasteiger partial charge in [0.2, 0.25) is 10.0 Å². The van der Waals surface area contributed by atoms with Gasteiger partial charge in [-0.25, -0.2) is 8.42 Å². The highest BCUT2D eigenvalue weighted by Gasteiger charge is 2.50. The number of fused-ring (bicyclic) bond motifs is 1. The number of rotatable bonds is 4. The van der Waals surface area contributed by atoms with Crippen LogP contribution in [0.5, 0.6) is 5.75 Å². The highest BCUT2D eigenvalue weighted by molar-refractivity contribution is 7.89. The third kappa shape index (κ3) is 2.42. The van der Waals surface area contributed by atoms with Crippen molar-refractivity contribution in [1.29, 1.82) is 0 Å². The van der Waals surface area contributed by atoms with E-state index in [1.54, 1.807) is 31.4 Å². The Morgan fingerprint density at radius 2 is 1.82 bits per heavy atom. The van der Waals surface area contributed by atoms with Crippen LogP contribution in [0.2, 0.25) is 0 Å². The van der Waals surface area contributed by atoms with Gasteiger partial charge in [-0.2, -0.15) is 4.31 Å². The summed E-state index contributed by atoms with van der Waals surface area (Å²) in [6, 6.07) is 9.55. The van der Waals surface area contributed by atoms with E-state index in [1.165, 1.54) is 13.2 Å². The zero-order valence-electron chi connectivity index (χ0n) is 12.1. The zero-order chi connectivity index (χ0) is 15.9. The molecule has 0 amide bonds. The van der Waals surface area contributed by atoms with Gasteiger partial charge in [0.15, 0.2) is 0 Å². The quantitative estimate of drug-likeness (QED) is 0.628. The lowest BCUT2D eigenvalue weighted by Crippen LogP contribution is -2.20. The van der Waals surface area contributed by atoms with Gasteiger partial charge in [-0.15, -0.1) is 0 Å². The van der Waals surface area contributed by atoms with Crippen LogP contribution in [0.4, 0.5) is 0 Å². The molecule has 22 heavy (non-hydrogen) atoms. The van der Waals surface area contributed by atoms with Crippen molar-refractivity contribution in [2.75, 3.05) is 20.8 Å². The number of methoxy groups -OCH3 is 2. The molecule has 0 spiro atoms. The summed E-state index contributed by atoms with van der Waals surface area (Å²) in [5.41, 5.74) is 0. The molecule has 0 N–H and O–H groups in total. The Hall–Kier alpha value is -2.12. The van der Waals surface area contributed by atoms with E-state index in [4.69, 9.17) is 4.74 Å². The molecule has 0 radical (unpaired) electrons. The van der Waals surface area contributed by atoms with Crippen LogP contribution in [0.3, 0.4) is 0 Å². The van der Waals surface area contributed by atoms with E-state index < -0.39 is 22.0 Å². The largest absolute Gasteiger partial charge is 0.497 e. The molecule has 1 aliphatic heterocycles. The lowest BCUT2D eigenvalue weighted by molar-refractivity contribution is -0.140. The van der Waals surface area contributed by atoms with Crippen molar-refractivity contribution in [2.45, 2.75) is 10.9 Å². The van der Waals surface area contributed by atoms with Crippen LogP contribution >= 0.6 is 0 Å². The van der Waals surface area contributed by atoms with Crippen molar-refractivity contribution in [2.24, 2.45) is 0 Å². The Balaban J connectivity index is 1.95. The van der Waals surface area contributed by atoms with E-state index in [1.807, 2.05) is 6.07 Å². The number of carbonyl (C=O) groups excluding carboxylic acids is 1. The molecule has 2 aromatic rings. The second-order valence-corrected chi connectivity index (χ2v) is 6.88. The molecule has 0 saturated carbocycles. The molecule has 2 unspecified atom stereocenters. The predicted octanol–water partition coefficient (Wildman–Crippen LogP) is 1.39. The Morgan fingerprint density at radius 3 is 2.50 bits per heavy atom. The van der Waals surface area contributed by atoms with Gasteiger partial charge in [-0.05, 0) is 35.0 Å². The third-order valence-corrected chi connectivity index (χ3v) is 5.54. The molecular formula is C15H15NO5S. The SMILES string of the molecule is COC(=O)C1CN1S(=O)(=O)c1ccc2cc(OC)ccc2c1. The van der Waals surface area contributed by atoms with Crippen molar-refractivity contribution in [3.63, 3.8) is 0 Å². The molecule has 1 saturated heterocycles. The van der Waals surface area contributed by atoms with E-state index in [0.717, 1.165) is 15.1 Å². The number of ether oxygens (including phenoxy) is 2. The van der Waals surface area contributed by atoms with Gasteiger partial charge in [-0.1, -0.05) is 12.1 Å². The maximum atomic E-state index is 12.5. The van der Waals surface area contributed by atoms with Crippen LogP contribution in [0, 0.1) is 0 Å². The van der Waals surface area contributed by atoms with Crippen LogP contribution in [-0.4, -0.2) is 45.5 Å². The summed E-state index contributed by atoms with van der Waals surface area (Å²) in [4.78, 5) is 11.6. The van der Waals surface area contributed by atoms with Gasteiger partial charge in [0.1, 0.15) is 11.8 Å². The molecule has 1 heterocycles. The van der Waals surface area contributed by atoms with Gasteiger partial charge in [0, 0.05) is 6.54 Å². The molecule has 6 nitrogen and oxygen atoms in total. The number of nitrogens with zero attached hydrogens (tertiary/aromatic N) is 1. The van der Waals surface area contributed by atoms with Crippen molar-refractivity contribution in [3.05, 3.63) is 36.4 Å². The minimum absolute atomic E-state index is 0.162. The molecule has 7 heteroatoms. The number of sulfonamides is 1. The van der Waals surface area contributed by atoms with Gasteiger partial charge in [0.25, 0.3) is 0 Å². The second-order valence-electron chi connectivity index (χ2n) is 4.99. The molecule has 1 aliphatic rings. The summed E-state index contributed by atoms with van der Waals surface area (Å²) < 4.78 is 35.8. The molecule has 2 aromatic carbocycles. The summed E-state index contributed by atoms with van der Waals surface area (Å²) >= 11 is 0. The molecule has 116 valence electrons. The average Bonchev–Trinajstić information content (AvgIpc) is 3.34. The number of hydrogen-bond donors (Lipinski definition) is 0. The molecule has 0 aromatic heterocycles. The van der Waals surface area contributed by atoms with Gasteiger partial charge >= 0.3 is 5.97 Å². The van der Waals surface area contributed by atoms with E-state index in [9.17, 15) is 13.2 Å². The van der Waals surface area contributed by atoms with Gasteiger partial charge < -0.3 is 9.47 Å². The highest BCUT2D eigenvalue weighted by atomic mass is 32.2. The second kappa shape index (κ2) is 5.26. The van der Waals surface area contributed by atoms with Crippen molar-refractivity contribution in [1.82, 2.24) is 4.31 Å². The van der Waals surface area contributed by atoms with Crippen molar-refractivity contribution < 1.29 is 22.7 Å². The molecule has 0 bridgehead atoms. The Morgan fingerprint density at radius 1 is 1.14 bits per heavy atom. The molecule has 2 atom stereocenters. The first-order valence-electron chi connectivity index (χ1n) is 6.65. The first-order valence-corrected chi connectivity index (χ1v) is 8.09. The van der Waals surface area contributed by atoms with Crippen LogP contribution in [0.1, 0.15) is 0 Å². The van der Waals surface area contributed by atoms with Crippen LogP contribution in [-0.2, 0) is 19.6 Å². The Labute approximate surface area is 128 Å². The smallest absolute Gasteiger partial charge is 0.325 e. The van der Waals surface area contributed by atoms with Crippen LogP contribution in [0.25, 0.3) is 10.8 Å². The van der Waals surface area contributed by atoms with Crippen molar-refractivity contribution in [3.8, 4) is 5.75 Å². The monoisotopic (exact) mass is 321 g/mol. The molecule has 1 fully saturated rings. The lowest BCUT2D eigenvalue weighted by atomic mass is 10.1. The summed E-state index contributed by atoms with van der Waals surface area (Å²) in [5, 5.41) is 1.67. The Bertz CT molecular complexity index is 846. The molecule has 3 rings (SSSR count). The first kappa shape index (κ1) is 14.8. The third-order valence-electron chi connectivity index (χ3n) is 3.67. The Kier molecular flexibility index (Phi) is 3.54. The van der Waals surface area contributed by atoms with Crippen LogP contribution < -0.4 is 4.74 Å². The number of benzene rings is 2. The fraction of sp³-hybridized carbons (Fsp3) is 0.267. The summed E-state index contributed by atoms with van der Waals surface area (Å²) in [6.45, 7) is 0.162. The predicted molar refractivity (Wildman–Crippen MR) is 80.2 cm³/mol. The number of esters is 1. The van der Waals surface area contributed by atoms with E-state index in [0.29, 0.717) is 5.75 Å². The maximum Gasteiger partial charge on any atom is 0.325 e. The number of carbonyl (C=O) groups is 1. The fourth-order valence-corrected chi connectivity index (χ4v) is 3.89. The van der Waals surface area contributed by atoms with E-state index >= 15 is 0 Å². The summed E-state index contributed by atoms with van der Waals surface area (Å²) in [6.07, 6.45) is 0. The normalized spacial score (nSPS) is 20.6.